The summed E-state index contributed by atoms with van der Waals surface area (Å²) in [7, 11) is -0.445. The molecule has 2 radical (unpaired) electrons. The molecule has 0 aliphatic carbocycles. The topological polar surface area (TPSA) is 160 Å². The van der Waals surface area contributed by atoms with Crippen LogP contribution in [-0.4, -0.2) is 73.1 Å². The van der Waals surface area contributed by atoms with Crippen LogP contribution in [0.3, 0.4) is 0 Å². The Labute approximate surface area is 679 Å². The van der Waals surface area contributed by atoms with Crippen LogP contribution in [0.1, 0.15) is 27.7 Å². The summed E-state index contributed by atoms with van der Waals surface area (Å²) in [4.78, 5) is 51.7. The molecule has 1 aliphatic rings. The third kappa shape index (κ3) is 19.8. The van der Waals surface area contributed by atoms with Crippen molar-refractivity contribution in [3.63, 3.8) is 0 Å². The first-order valence-electron chi connectivity index (χ1n) is 34.8. The zero-order valence-electron chi connectivity index (χ0n) is 59.6. The molecule has 0 N–H and O–H groups in total. The van der Waals surface area contributed by atoms with Crippen LogP contribution < -0.4 is 5.46 Å². The van der Waals surface area contributed by atoms with E-state index in [1.165, 1.54) is 0 Å². The summed E-state index contributed by atoms with van der Waals surface area (Å²) in [6.45, 7) is 8.23. The summed E-state index contributed by atoms with van der Waals surface area (Å²) in [5.41, 5.74) is 14.6. The van der Waals surface area contributed by atoms with Crippen molar-refractivity contribution >= 4 is 44.4 Å². The average molecular weight is 1900 g/mol. The molecule has 0 atom stereocenters. The van der Waals surface area contributed by atoms with Crippen LogP contribution in [0, 0.1) is 12.1 Å². The molecule has 16 aromatic rings. The van der Waals surface area contributed by atoms with Gasteiger partial charge in [0, 0.05) is 107 Å². The Morgan fingerprint density at radius 2 is 0.550 bits per heavy atom. The fraction of sp³-hybridized carbons (Fsp3) is 0.0659. The minimum absolute atomic E-state index is 0. The standard InChI is InChI=1S/C32H21N4.C27H26BN3O2.C21H14BrN3.C11H7BrN.2Ir/c1-3-11-23(12-4-1)30-34-31(24-13-5-2-6-14-24)36-32(35-30)28-18-10-16-26(22-28)25-15-9-17-27(21-25)29-19-7-8-20-33-29;1-26(2)27(3,4)33-28(32-26)22-17-11-16-21(18-22)25-30-23(19-12-7-5-8-13-19)29-24(31-25)20-14-9-6-10-15-20;22-18-13-7-12-17(14-18)21-24-19(15-8-3-1-4-9-15)23-20(25-21)16-10-5-2-6-11-16;12-10-5-3-4-9(8-10)11-6-1-2-7-13-11;;/h1-16,18-22H;5-18H,1-4H3;1-14H;1-3,5-8H;;/q-1;;;-1;;. The van der Waals surface area contributed by atoms with Crippen molar-refractivity contribution in [3.8, 4) is 136 Å². The molecule has 13 nitrogen and oxygen atoms in total. The molecule has 1 fully saturated rings. The zero-order valence-corrected chi connectivity index (χ0v) is 67.5. The first-order valence-corrected chi connectivity index (χ1v) is 36.4. The largest absolute Gasteiger partial charge is 0.494 e. The summed E-state index contributed by atoms with van der Waals surface area (Å²) in [6, 6.07) is 114. The molecule has 11 aromatic carbocycles. The van der Waals surface area contributed by atoms with Gasteiger partial charge in [-0.3, -0.25) is 0 Å². The van der Waals surface area contributed by atoms with E-state index in [1.807, 2.05) is 303 Å². The molecule has 0 amide bonds. The average Bonchev–Trinajstić information content (AvgIpc) is 1.72. The van der Waals surface area contributed by atoms with Gasteiger partial charge in [0.2, 0.25) is 0 Å². The third-order valence-electron chi connectivity index (χ3n) is 17.8. The van der Waals surface area contributed by atoms with E-state index < -0.39 is 18.3 Å². The van der Waals surface area contributed by atoms with Crippen LogP contribution >= 0.6 is 31.9 Å². The molecule has 536 valence electrons. The molecule has 6 heterocycles. The van der Waals surface area contributed by atoms with Crippen LogP contribution in [0.15, 0.2) is 349 Å². The summed E-state index contributed by atoms with van der Waals surface area (Å²) in [6.07, 6.45) is 3.58. The van der Waals surface area contributed by atoms with E-state index in [0.717, 1.165) is 98.1 Å². The van der Waals surface area contributed by atoms with Gasteiger partial charge in [-0.2, -0.15) is 0 Å². The smallest absolute Gasteiger partial charge is 0.399 e. The van der Waals surface area contributed by atoms with Gasteiger partial charge in [-0.25, -0.2) is 44.9 Å². The second-order valence-corrected chi connectivity index (χ2v) is 27.6. The van der Waals surface area contributed by atoms with Crippen molar-refractivity contribution in [2.45, 2.75) is 38.9 Å². The Morgan fingerprint density at radius 1 is 0.266 bits per heavy atom. The SMILES string of the molecule is Brc1cc[c-]c(-c2ccccn2)c1.Brc1cccc(-c2nc(-c3ccccc3)nc(-c3ccccc3)n2)c1.CC1(C)OB(c2cccc(-c3nc(-c4ccccc4)nc(-c4ccccc4)n3)c2)OC1(C)C.[Ir].[Ir].[c-]1ccc(-c2cccc(-c3nc(-c4ccccc4)nc(-c4ccccc4)n3)c2)cc1-c1ccccn1. The predicted octanol–water partition coefficient (Wildman–Crippen LogP) is 21.5. The first kappa shape index (κ1) is 77.6. The van der Waals surface area contributed by atoms with E-state index in [1.54, 1.807) is 12.4 Å². The van der Waals surface area contributed by atoms with Gasteiger partial charge in [-0.05, 0) is 80.4 Å². The molecule has 0 bridgehead atoms. The summed E-state index contributed by atoms with van der Waals surface area (Å²) < 4.78 is 14.5. The van der Waals surface area contributed by atoms with Crippen molar-refractivity contribution in [2.75, 3.05) is 0 Å². The number of pyridine rings is 2. The van der Waals surface area contributed by atoms with Crippen molar-refractivity contribution < 1.29 is 49.5 Å². The Morgan fingerprint density at radius 3 is 0.908 bits per heavy atom. The van der Waals surface area contributed by atoms with E-state index in [9.17, 15) is 0 Å². The molecule has 0 saturated carbocycles. The van der Waals surface area contributed by atoms with Crippen molar-refractivity contribution in [3.05, 3.63) is 361 Å². The van der Waals surface area contributed by atoms with Crippen molar-refractivity contribution in [1.29, 1.82) is 0 Å². The third-order valence-corrected chi connectivity index (χ3v) is 18.7. The maximum absolute atomic E-state index is 6.25. The molecule has 1 saturated heterocycles. The van der Waals surface area contributed by atoms with Gasteiger partial charge >= 0.3 is 7.12 Å². The quantitative estimate of drug-likeness (QED) is 0.0793. The molecule has 5 aromatic heterocycles. The Balaban J connectivity index is 0.000000141. The van der Waals surface area contributed by atoms with Crippen molar-refractivity contribution in [2.24, 2.45) is 0 Å². The molecule has 1 aliphatic heterocycles. The number of rotatable bonds is 13. The molecular formula is C91H68BBr2Ir2N11O2-2. The molecule has 109 heavy (non-hydrogen) atoms. The van der Waals surface area contributed by atoms with Gasteiger partial charge in [0.15, 0.2) is 52.4 Å². The van der Waals surface area contributed by atoms with Gasteiger partial charge in [0.05, 0.1) is 11.2 Å². The minimum Gasteiger partial charge on any atom is -0.399 e. The fourth-order valence-electron chi connectivity index (χ4n) is 11.5. The van der Waals surface area contributed by atoms with E-state index in [2.05, 4.69) is 111 Å². The van der Waals surface area contributed by atoms with Gasteiger partial charge < -0.3 is 19.3 Å². The van der Waals surface area contributed by atoms with Gasteiger partial charge in [-0.15, -0.1) is 65.2 Å². The van der Waals surface area contributed by atoms with Crippen molar-refractivity contribution in [1.82, 2.24) is 54.8 Å². The first-order chi connectivity index (χ1) is 52.3. The van der Waals surface area contributed by atoms with Crippen LogP contribution in [0.2, 0.25) is 0 Å². The van der Waals surface area contributed by atoms with Crippen LogP contribution in [0.5, 0.6) is 0 Å². The molecule has 0 unspecified atom stereocenters. The van der Waals surface area contributed by atoms with Crippen LogP contribution in [0.4, 0.5) is 0 Å². The number of halogens is 2. The van der Waals surface area contributed by atoms with E-state index >= 15 is 0 Å². The van der Waals surface area contributed by atoms with E-state index in [-0.39, 0.29) is 40.2 Å². The number of nitrogens with zero attached hydrogens (tertiary/aromatic N) is 11. The maximum atomic E-state index is 6.25. The summed E-state index contributed by atoms with van der Waals surface area (Å²) in [5.74, 6) is 5.83. The Kier molecular flexibility index (Phi) is 26.1. The number of hydrogen-bond acceptors (Lipinski definition) is 13. The van der Waals surface area contributed by atoms with Crippen LogP contribution in [-0.2, 0) is 49.5 Å². The second kappa shape index (κ2) is 36.7. The molecule has 17 rings (SSSR count). The summed E-state index contributed by atoms with van der Waals surface area (Å²) >= 11 is 6.93. The van der Waals surface area contributed by atoms with Gasteiger partial charge in [0.25, 0.3) is 0 Å². The number of benzene rings is 11. The number of aromatic nitrogens is 11. The Hall–Kier alpha value is -11.0. The normalized spacial score (nSPS) is 12.2. The molecule has 0 spiro atoms. The zero-order chi connectivity index (χ0) is 73.4. The predicted molar refractivity (Wildman–Crippen MR) is 436 cm³/mol. The second-order valence-electron chi connectivity index (χ2n) is 25.8. The van der Waals surface area contributed by atoms with E-state index in [4.69, 9.17) is 49.2 Å². The monoisotopic (exact) mass is 1900 g/mol. The van der Waals surface area contributed by atoms with Gasteiger partial charge in [0.1, 0.15) is 0 Å². The molecule has 18 heteroatoms. The summed E-state index contributed by atoms with van der Waals surface area (Å²) in [5, 5.41) is 0. The van der Waals surface area contributed by atoms with Crippen LogP contribution in [0.25, 0.3) is 136 Å². The minimum atomic E-state index is -0.445. The molecular weight excluding hydrogens is 1830 g/mol. The Bertz CT molecular complexity index is 5460. The van der Waals surface area contributed by atoms with E-state index in [0.29, 0.717) is 52.4 Å². The fourth-order valence-corrected chi connectivity index (χ4v) is 12.3. The van der Waals surface area contributed by atoms with Gasteiger partial charge in [-0.1, -0.05) is 297 Å². The maximum Gasteiger partial charge on any atom is 0.494 e. The number of hydrogen-bond donors (Lipinski definition) is 0.